The van der Waals surface area contributed by atoms with Crippen molar-refractivity contribution >= 4 is 35.2 Å². The van der Waals surface area contributed by atoms with Gasteiger partial charge in [0.25, 0.3) is 11.8 Å². The molecule has 0 saturated heterocycles. The number of amides is 2. The lowest BCUT2D eigenvalue weighted by Gasteiger charge is -2.19. The van der Waals surface area contributed by atoms with E-state index in [1.807, 2.05) is 44.2 Å². The molecule has 2 amide bonds. The van der Waals surface area contributed by atoms with Crippen LogP contribution in [-0.4, -0.2) is 42.4 Å². The van der Waals surface area contributed by atoms with Crippen LogP contribution in [0.25, 0.3) is 0 Å². The molecule has 0 saturated carbocycles. The van der Waals surface area contributed by atoms with Gasteiger partial charge in [0, 0.05) is 35.3 Å². The predicted octanol–water partition coefficient (Wildman–Crippen LogP) is 3.96. The summed E-state index contributed by atoms with van der Waals surface area (Å²) in [6, 6.07) is 16.3. The van der Waals surface area contributed by atoms with Crippen LogP contribution in [0.15, 0.2) is 71.0 Å². The number of benzene rings is 2. The molecule has 2 aromatic carbocycles. The van der Waals surface area contributed by atoms with Crippen LogP contribution in [0.3, 0.4) is 0 Å². The first-order valence-electron chi connectivity index (χ1n) is 9.27. The van der Waals surface area contributed by atoms with E-state index < -0.39 is 18.5 Å². The van der Waals surface area contributed by atoms with Crippen molar-refractivity contribution in [3.05, 3.63) is 71.6 Å². The average Bonchev–Trinajstić information content (AvgIpc) is 2.74. The summed E-state index contributed by atoms with van der Waals surface area (Å²) in [6.07, 6.45) is 1.27. The molecule has 152 valence electrons. The average molecular weight is 413 g/mol. The Morgan fingerprint density at radius 2 is 1.76 bits per heavy atom. The molecule has 1 N–H and O–H groups in total. The van der Waals surface area contributed by atoms with Gasteiger partial charge in [-0.3, -0.25) is 9.59 Å². The Hall–Kier alpha value is -3.06. The number of thioether (sulfide) groups is 1. The van der Waals surface area contributed by atoms with Crippen molar-refractivity contribution in [3.8, 4) is 0 Å². The second-order valence-corrected chi connectivity index (χ2v) is 6.93. The number of nitrogens with one attached hydrogen (secondary N) is 1. The topological polar surface area (TPSA) is 75.7 Å². The SMILES string of the molecule is CCN(CC)C(=O)c1cccc(NC(=O)COC(=O)/C=C/Sc2ccccc2)c1. The van der Waals surface area contributed by atoms with Crippen molar-refractivity contribution in [2.24, 2.45) is 0 Å². The number of hydrogen-bond donors (Lipinski definition) is 1. The third-order valence-electron chi connectivity index (χ3n) is 3.94. The van der Waals surface area contributed by atoms with Gasteiger partial charge in [0.1, 0.15) is 0 Å². The normalized spacial score (nSPS) is 10.6. The molecular weight excluding hydrogens is 388 g/mol. The quantitative estimate of drug-likeness (QED) is 0.383. The molecular formula is C22H24N2O4S. The molecule has 2 aromatic rings. The van der Waals surface area contributed by atoms with E-state index in [0.717, 1.165) is 4.90 Å². The molecule has 0 fully saturated rings. The molecule has 29 heavy (non-hydrogen) atoms. The molecule has 0 heterocycles. The first-order valence-corrected chi connectivity index (χ1v) is 10.2. The number of nitrogens with zero attached hydrogens (tertiary/aromatic N) is 1. The Bertz CT molecular complexity index is 864. The van der Waals surface area contributed by atoms with Gasteiger partial charge >= 0.3 is 5.97 Å². The van der Waals surface area contributed by atoms with Crippen LogP contribution in [0.2, 0.25) is 0 Å². The monoisotopic (exact) mass is 412 g/mol. The van der Waals surface area contributed by atoms with E-state index in [1.165, 1.54) is 17.8 Å². The fourth-order valence-corrected chi connectivity index (χ4v) is 3.12. The Labute approximate surface area is 174 Å². The van der Waals surface area contributed by atoms with Crippen LogP contribution in [0, 0.1) is 0 Å². The standard InChI is InChI=1S/C22H24N2O4S/c1-3-24(4-2)22(27)17-9-8-10-18(15-17)23-20(25)16-28-21(26)13-14-29-19-11-6-5-7-12-19/h5-15H,3-4,16H2,1-2H3,(H,23,25)/b14-13+. The molecule has 0 atom stereocenters. The van der Waals surface area contributed by atoms with Gasteiger partial charge in [-0.1, -0.05) is 36.0 Å². The molecule has 2 rings (SSSR count). The molecule has 7 heteroatoms. The number of anilines is 1. The van der Waals surface area contributed by atoms with Gasteiger partial charge in [-0.05, 0) is 49.6 Å². The second kappa shape index (κ2) is 11.7. The van der Waals surface area contributed by atoms with Gasteiger partial charge in [-0.15, -0.1) is 0 Å². The maximum Gasteiger partial charge on any atom is 0.331 e. The Morgan fingerprint density at radius 1 is 1.03 bits per heavy atom. The predicted molar refractivity (Wildman–Crippen MR) is 115 cm³/mol. The van der Waals surface area contributed by atoms with Crippen LogP contribution in [0.5, 0.6) is 0 Å². The Morgan fingerprint density at radius 3 is 2.45 bits per heavy atom. The zero-order valence-corrected chi connectivity index (χ0v) is 17.3. The fourth-order valence-electron chi connectivity index (χ4n) is 2.47. The van der Waals surface area contributed by atoms with Crippen LogP contribution < -0.4 is 5.32 Å². The zero-order chi connectivity index (χ0) is 21.1. The smallest absolute Gasteiger partial charge is 0.331 e. The second-order valence-electron chi connectivity index (χ2n) is 5.95. The maximum atomic E-state index is 12.4. The highest BCUT2D eigenvalue weighted by molar-refractivity contribution is 8.02. The lowest BCUT2D eigenvalue weighted by Crippen LogP contribution is -2.30. The number of carbonyl (C=O) groups is 3. The zero-order valence-electron chi connectivity index (χ0n) is 16.5. The summed E-state index contributed by atoms with van der Waals surface area (Å²) in [5.41, 5.74) is 0.962. The van der Waals surface area contributed by atoms with E-state index in [9.17, 15) is 14.4 Å². The molecule has 0 bridgehead atoms. The molecule has 0 unspecified atom stereocenters. The van der Waals surface area contributed by atoms with E-state index in [0.29, 0.717) is 24.3 Å². The van der Waals surface area contributed by atoms with E-state index >= 15 is 0 Å². The van der Waals surface area contributed by atoms with Crippen LogP contribution in [0.1, 0.15) is 24.2 Å². The minimum Gasteiger partial charge on any atom is -0.452 e. The van der Waals surface area contributed by atoms with Crippen molar-refractivity contribution in [2.75, 3.05) is 25.0 Å². The van der Waals surface area contributed by atoms with Crippen LogP contribution >= 0.6 is 11.8 Å². The summed E-state index contributed by atoms with van der Waals surface area (Å²) in [5, 5.41) is 4.24. The van der Waals surface area contributed by atoms with Gasteiger partial charge in [0.05, 0.1) is 0 Å². The summed E-state index contributed by atoms with van der Waals surface area (Å²) in [5.74, 6) is -1.18. The lowest BCUT2D eigenvalue weighted by atomic mass is 10.1. The van der Waals surface area contributed by atoms with Gasteiger partial charge in [0.15, 0.2) is 6.61 Å². The van der Waals surface area contributed by atoms with Gasteiger partial charge < -0.3 is 15.0 Å². The summed E-state index contributed by atoms with van der Waals surface area (Å²) in [6.45, 7) is 4.63. The van der Waals surface area contributed by atoms with Crippen LogP contribution in [0.4, 0.5) is 5.69 Å². The fraction of sp³-hybridized carbons (Fsp3) is 0.227. The van der Waals surface area contributed by atoms with Crippen LogP contribution in [-0.2, 0) is 14.3 Å². The molecule has 0 aliphatic carbocycles. The van der Waals surface area contributed by atoms with Gasteiger partial charge in [-0.2, -0.15) is 0 Å². The van der Waals surface area contributed by atoms with E-state index in [2.05, 4.69) is 5.32 Å². The molecule has 0 aliphatic rings. The number of esters is 1. The Kier molecular flexibility index (Phi) is 8.98. The first kappa shape index (κ1) is 22.2. The highest BCUT2D eigenvalue weighted by Crippen LogP contribution is 2.18. The number of rotatable bonds is 9. The van der Waals surface area contributed by atoms with E-state index in [1.54, 1.807) is 34.6 Å². The summed E-state index contributed by atoms with van der Waals surface area (Å²) < 4.78 is 4.94. The van der Waals surface area contributed by atoms with Gasteiger partial charge in [-0.25, -0.2) is 4.79 Å². The summed E-state index contributed by atoms with van der Waals surface area (Å²) >= 11 is 1.38. The van der Waals surface area contributed by atoms with Crippen molar-refractivity contribution in [1.82, 2.24) is 4.90 Å². The van der Waals surface area contributed by atoms with Crippen molar-refractivity contribution in [3.63, 3.8) is 0 Å². The molecule has 0 aliphatic heterocycles. The third-order valence-corrected chi connectivity index (χ3v) is 4.76. The maximum absolute atomic E-state index is 12.4. The molecule has 0 spiro atoms. The number of ether oxygens (including phenoxy) is 1. The minimum atomic E-state index is -0.603. The highest BCUT2D eigenvalue weighted by Gasteiger charge is 2.13. The third kappa shape index (κ3) is 7.46. The number of hydrogen-bond acceptors (Lipinski definition) is 5. The Balaban J connectivity index is 1.82. The summed E-state index contributed by atoms with van der Waals surface area (Å²) in [4.78, 5) is 38.8. The van der Waals surface area contributed by atoms with Crippen molar-refractivity contribution in [1.29, 1.82) is 0 Å². The molecule has 0 aromatic heterocycles. The van der Waals surface area contributed by atoms with E-state index in [-0.39, 0.29) is 5.91 Å². The minimum absolute atomic E-state index is 0.0985. The highest BCUT2D eigenvalue weighted by atomic mass is 32.2. The largest absolute Gasteiger partial charge is 0.452 e. The number of carbonyl (C=O) groups excluding carboxylic acids is 3. The lowest BCUT2D eigenvalue weighted by molar-refractivity contribution is -0.142. The molecule has 6 nitrogen and oxygen atoms in total. The van der Waals surface area contributed by atoms with Crippen molar-refractivity contribution in [2.45, 2.75) is 18.7 Å². The molecule has 0 radical (unpaired) electrons. The summed E-state index contributed by atoms with van der Waals surface area (Å²) in [7, 11) is 0. The van der Waals surface area contributed by atoms with Gasteiger partial charge in [0.2, 0.25) is 0 Å². The first-order chi connectivity index (χ1) is 14.0. The van der Waals surface area contributed by atoms with E-state index in [4.69, 9.17) is 4.74 Å². The van der Waals surface area contributed by atoms with Crippen molar-refractivity contribution < 1.29 is 19.1 Å².